The summed E-state index contributed by atoms with van der Waals surface area (Å²) in [6.45, 7) is 4.30. The van der Waals surface area contributed by atoms with E-state index < -0.39 is 17.7 Å². The lowest BCUT2D eigenvalue weighted by molar-refractivity contribution is 0.521. The normalized spacial score (nSPS) is 12.7. The predicted molar refractivity (Wildman–Crippen MR) is 82.2 cm³/mol. The fourth-order valence-electron chi connectivity index (χ4n) is 2.64. The highest BCUT2D eigenvalue weighted by atomic mass is 19.1. The van der Waals surface area contributed by atoms with Crippen molar-refractivity contribution < 1.29 is 8.78 Å². The molecular formula is C18H21F2N. The van der Waals surface area contributed by atoms with Gasteiger partial charge in [0.2, 0.25) is 0 Å². The molecule has 0 bridgehead atoms. The maximum atomic E-state index is 14.0. The first kappa shape index (κ1) is 15.6. The summed E-state index contributed by atoms with van der Waals surface area (Å²) >= 11 is 0. The lowest BCUT2D eigenvalue weighted by Crippen LogP contribution is -2.20. The average Bonchev–Trinajstić information content (AvgIpc) is 2.42. The van der Waals surface area contributed by atoms with E-state index in [1.54, 1.807) is 7.05 Å². The lowest BCUT2D eigenvalue weighted by Gasteiger charge is -2.19. The SMILES string of the molecule is CNC(c1cccc(CC(C)C)c1)c1c(F)cccc1F. The maximum absolute atomic E-state index is 14.0. The summed E-state index contributed by atoms with van der Waals surface area (Å²) in [6.07, 6.45) is 0.948. The Morgan fingerprint density at radius 2 is 1.62 bits per heavy atom. The second kappa shape index (κ2) is 6.81. The highest BCUT2D eigenvalue weighted by Crippen LogP contribution is 2.27. The number of hydrogen-bond acceptors (Lipinski definition) is 1. The van der Waals surface area contributed by atoms with E-state index in [1.807, 2.05) is 24.3 Å². The van der Waals surface area contributed by atoms with E-state index in [0.717, 1.165) is 12.0 Å². The first-order valence-corrected chi connectivity index (χ1v) is 7.23. The zero-order chi connectivity index (χ0) is 15.4. The van der Waals surface area contributed by atoms with Crippen LogP contribution in [0.25, 0.3) is 0 Å². The van der Waals surface area contributed by atoms with Crippen LogP contribution in [0.3, 0.4) is 0 Å². The van der Waals surface area contributed by atoms with Crippen LogP contribution in [0.5, 0.6) is 0 Å². The van der Waals surface area contributed by atoms with Gasteiger partial charge >= 0.3 is 0 Å². The minimum atomic E-state index is -0.524. The summed E-state index contributed by atoms with van der Waals surface area (Å²) in [7, 11) is 1.71. The number of benzene rings is 2. The molecule has 2 rings (SSSR count). The number of nitrogens with one attached hydrogen (secondary N) is 1. The molecule has 2 aromatic carbocycles. The third-order valence-electron chi connectivity index (χ3n) is 3.51. The minimum Gasteiger partial charge on any atom is -0.309 e. The van der Waals surface area contributed by atoms with Crippen molar-refractivity contribution in [2.45, 2.75) is 26.3 Å². The maximum Gasteiger partial charge on any atom is 0.131 e. The van der Waals surface area contributed by atoms with Crippen LogP contribution < -0.4 is 5.32 Å². The van der Waals surface area contributed by atoms with Crippen LogP contribution >= 0.6 is 0 Å². The molecule has 0 heterocycles. The molecule has 21 heavy (non-hydrogen) atoms. The minimum absolute atomic E-state index is 0.0710. The van der Waals surface area contributed by atoms with Gasteiger partial charge in [-0.05, 0) is 42.6 Å². The van der Waals surface area contributed by atoms with Gasteiger partial charge < -0.3 is 5.32 Å². The first-order chi connectivity index (χ1) is 10.0. The Hall–Kier alpha value is -1.74. The molecule has 1 nitrogen and oxygen atoms in total. The average molecular weight is 289 g/mol. The van der Waals surface area contributed by atoms with Crippen molar-refractivity contribution in [1.82, 2.24) is 5.32 Å². The van der Waals surface area contributed by atoms with Gasteiger partial charge in [-0.3, -0.25) is 0 Å². The number of rotatable bonds is 5. The highest BCUT2D eigenvalue weighted by Gasteiger charge is 2.20. The van der Waals surface area contributed by atoms with Gasteiger partial charge in [-0.25, -0.2) is 8.78 Å². The highest BCUT2D eigenvalue weighted by molar-refractivity contribution is 5.36. The Kier molecular flexibility index (Phi) is 5.07. The Morgan fingerprint density at radius 3 is 2.19 bits per heavy atom. The van der Waals surface area contributed by atoms with E-state index in [0.29, 0.717) is 5.92 Å². The van der Waals surface area contributed by atoms with Crippen LogP contribution in [0.4, 0.5) is 8.78 Å². The van der Waals surface area contributed by atoms with Crippen molar-refractivity contribution in [3.8, 4) is 0 Å². The number of hydrogen-bond donors (Lipinski definition) is 1. The quantitative estimate of drug-likeness (QED) is 0.856. The first-order valence-electron chi connectivity index (χ1n) is 7.23. The molecule has 0 aliphatic heterocycles. The molecule has 2 aromatic rings. The standard InChI is InChI=1S/C18H21F2N/c1-12(2)10-13-6-4-7-14(11-13)18(21-3)17-15(19)8-5-9-16(17)20/h4-9,11-12,18,21H,10H2,1-3H3. The molecule has 0 aromatic heterocycles. The van der Waals surface area contributed by atoms with Crippen molar-refractivity contribution in [2.24, 2.45) is 5.92 Å². The Bertz CT molecular complexity index is 588. The summed E-state index contributed by atoms with van der Waals surface area (Å²) in [6, 6.07) is 11.4. The van der Waals surface area contributed by atoms with Crippen molar-refractivity contribution in [3.63, 3.8) is 0 Å². The molecule has 0 aliphatic carbocycles. The molecule has 0 spiro atoms. The molecule has 0 saturated heterocycles. The van der Waals surface area contributed by atoms with Gasteiger partial charge in [-0.15, -0.1) is 0 Å². The van der Waals surface area contributed by atoms with Gasteiger partial charge in [-0.2, -0.15) is 0 Å². The van der Waals surface area contributed by atoms with E-state index in [9.17, 15) is 8.78 Å². The molecule has 1 N–H and O–H groups in total. The lowest BCUT2D eigenvalue weighted by atomic mass is 9.94. The summed E-state index contributed by atoms with van der Waals surface area (Å²) in [5.74, 6) is -0.509. The van der Waals surface area contributed by atoms with Crippen molar-refractivity contribution >= 4 is 0 Å². The largest absolute Gasteiger partial charge is 0.309 e. The van der Waals surface area contributed by atoms with Crippen molar-refractivity contribution in [1.29, 1.82) is 0 Å². The second-order valence-corrected chi connectivity index (χ2v) is 5.70. The molecule has 112 valence electrons. The van der Waals surface area contributed by atoms with Gasteiger partial charge in [0.15, 0.2) is 0 Å². The number of halogens is 2. The van der Waals surface area contributed by atoms with Gasteiger partial charge in [0.05, 0.1) is 6.04 Å². The Morgan fingerprint density at radius 1 is 1.00 bits per heavy atom. The third-order valence-corrected chi connectivity index (χ3v) is 3.51. The predicted octanol–water partition coefficient (Wildman–Crippen LogP) is 4.47. The van der Waals surface area contributed by atoms with Gasteiger partial charge in [-0.1, -0.05) is 44.2 Å². The Labute approximate surface area is 125 Å². The zero-order valence-electron chi connectivity index (χ0n) is 12.7. The third kappa shape index (κ3) is 3.67. The van der Waals surface area contributed by atoms with E-state index in [2.05, 4.69) is 19.2 Å². The molecule has 0 radical (unpaired) electrons. The fourth-order valence-corrected chi connectivity index (χ4v) is 2.64. The smallest absolute Gasteiger partial charge is 0.131 e. The topological polar surface area (TPSA) is 12.0 Å². The molecule has 0 aliphatic rings. The van der Waals surface area contributed by atoms with Crippen LogP contribution in [0.1, 0.15) is 36.6 Å². The summed E-state index contributed by atoms with van der Waals surface area (Å²) in [4.78, 5) is 0. The van der Waals surface area contributed by atoms with Crippen LogP contribution in [0, 0.1) is 17.6 Å². The monoisotopic (exact) mass is 289 g/mol. The molecule has 0 saturated carbocycles. The van der Waals surface area contributed by atoms with E-state index in [4.69, 9.17) is 0 Å². The van der Waals surface area contributed by atoms with Gasteiger partial charge in [0, 0.05) is 5.56 Å². The second-order valence-electron chi connectivity index (χ2n) is 5.70. The molecule has 1 atom stereocenters. The van der Waals surface area contributed by atoms with Gasteiger partial charge in [0.25, 0.3) is 0 Å². The summed E-state index contributed by atoms with van der Waals surface area (Å²) in [5.41, 5.74) is 2.13. The summed E-state index contributed by atoms with van der Waals surface area (Å²) < 4.78 is 28.0. The van der Waals surface area contributed by atoms with E-state index >= 15 is 0 Å². The van der Waals surface area contributed by atoms with E-state index in [-0.39, 0.29) is 5.56 Å². The Balaban J connectivity index is 2.42. The van der Waals surface area contributed by atoms with Crippen LogP contribution in [-0.2, 0) is 6.42 Å². The molecule has 0 amide bonds. The van der Waals surface area contributed by atoms with E-state index in [1.165, 1.54) is 23.8 Å². The molecule has 0 fully saturated rings. The van der Waals surface area contributed by atoms with Crippen LogP contribution in [0.2, 0.25) is 0 Å². The van der Waals surface area contributed by atoms with Crippen LogP contribution in [0.15, 0.2) is 42.5 Å². The molecule has 1 unspecified atom stereocenters. The fraction of sp³-hybridized carbons (Fsp3) is 0.333. The zero-order valence-corrected chi connectivity index (χ0v) is 12.7. The van der Waals surface area contributed by atoms with Crippen LogP contribution in [-0.4, -0.2) is 7.05 Å². The van der Waals surface area contributed by atoms with Gasteiger partial charge in [0.1, 0.15) is 11.6 Å². The summed E-state index contributed by atoms with van der Waals surface area (Å²) in [5, 5.41) is 3.02. The molecule has 3 heteroatoms. The van der Waals surface area contributed by atoms with Crippen molar-refractivity contribution in [3.05, 3.63) is 70.8 Å². The van der Waals surface area contributed by atoms with Crippen molar-refractivity contribution in [2.75, 3.05) is 7.05 Å². The molecular weight excluding hydrogens is 268 g/mol.